The highest BCUT2D eigenvalue weighted by atomic mass is 15.1. The fraction of sp³-hybridized carbons (Fsp3) is 0.143. The van der Waals surface area contributed by atoms with Crippen molar-refractivity contribution in [3.8, 4) is 33.4 Å². The predicted octanol–water partition coefficient (Wildman–Crippen LogP) is 12.7. The molecule has 0 radical (unpaired) electrons. The molecule has 72 heavy (non-hydrogen) atoms. The summed E-state index contributed by atoms with van der Waals surface area (Å²) in [6.45, 7) is 6.17. The van der Waals surface area contributed by atoms with Gasteiger partial charge in [0.2, 0.25) is 0 Å². The average molecular weight is 940 g/mol. The van der Waals surface area contributed by atoms with Crippen molar-refractivity contribution < 1.29 is 0 Å². The number of hydrogen-bond donors (Lipinski definition) is 0. The first kappa shape index (κ1) is 47.3. The van der Waals surface area contributed by atoms with Crippen LogP contribution in [0.2, 0.25) is 0 Å². The molecule has 0 fully saturated rings. The van der Waals surface area contributed by atoms with Crippen molar-refractivity contribution in [3.05, 3.63) is 288 Å². The fourth-order valence-corrected chi connectivity index (χ4v) is 9.46. The molecular formula is C63H57N9. The van der Waals surface area contributed by atoms with Gasteiger partial charge in [0.15, 0.2) is 0 Å². The van der Waals surface area contributed by atoms with E-state index in [0.717, 1.165) is 50.9 Å². The Balaban J connectivity index is 1.07. The summed E-state index contributed by atoms with van der Waals surface area (Å²) in [5, 5.41) is 0. The van der Waals surface area contributed by atoms with E-state index >= 15 is 0 Å². The molecule has 0 saturated heterocycles. The summed E-state index contributed by atoms with van der Waals surface area (Å²) in [5.74, 6) is 0. The summed E-state index contributed by atoms with van der Waals surface area (Å²) < 4.78 is 0. The zero-order valence-electron chi connectivity index (χ0n) is 40.4. The topological polar surface area (TPSA) is 87.1 Å². The molecule has 354 valence electrons. The van der Waals surface area contributed by atoms with Crippen LogP contribution in [0, 0.1) is 0 Å². The van der Waals surface area contributed by atoms with E-state index in [1.54, 1.807) is 0 Å². The zero-order chi connectivity index (χ0) is 48.6. The number of benzene rings is 4. The third kappa shape index (κ3) is 12.9. The van der Waals surface area contributed by atoms with Crippen LogP contribution in [0.3, 0.4) is 0 Å². The van der Waals surface area contributed by atoms with E-state index in [1.165, 1.54) is 33.4 Å². The summed E-state index contributed by atoms with van der Waals surface area (Å²) in [6.07, 6.45) is 11.2. The minimum absolute atomic E-state index is 0.679. The molecule has 0 unspecified atom stereocenters. The van der Waals surface area contributed by atoms with Crippen LogP contribution in [-0.2, 0) is 58.9 Å². The molecule has 0 atom stereocenters. The molecule has 6 aromatic heterocycles. The lowest BCUT2D eigenvalue weighted by Crippen LogP contribution is -2.24. The Kier molecular flexibility index (Phi) is 15.8. The zero-order valence-corrected chi connectivity index (χ0v) is 40.4. The van der Waals surface area contributed by atoms with Crippen LogP contribution in [0.25, 0.3) is 33.4 Å². The summed E-state index contributed by atoms with van der Waals surface area (Å²) in [6, 6.07) is 70.6. The molecule has 9 heteroatoms. The van der Waals surface area contributed by atoms with Gasteiger partial charge >= 0.3 is 0 Å². The quantitative estimate of drug-likeness (QED) is 0.0699. The molecular weight excluding hydrogens is 883 g/mol. The highest BCUT2D eigenvalue weighted by Gasteiger charge is 2.20. The Morgan fingerprint density at radius 1 is 0.222 bits per heavy atom. The van der Waals surface area contributed by atoms with Gasteiger partial charge in [0.1, 0.15) is 0 Å². The van der Waals surface area contributed by atoms with Crippen molar-refractivity contribution in [1.82, 2.24) is 44.6 Å². The molecule has 0 bridgehead atoms. The molecule has 0 aliphatic heterocycles. The van der Waals surface area contributed by atoms with Crippen molar-refractivity contribution in [2.45, 2.75) is 58.9 Å². The van der Waals surface area contributed by atoms with E-state index in [2.05, 4.69) is 178 Å². The van der Waals surface area contributed by atoms with E-state index in [0.29, 0.717) is 58.9 Å². The standard InChI is InChI=1S/C63H57N9/c1-4-28-61(49(19-1)40-70(43-55-22-7-13-31-64-55)44-56-23-8-14-32-65-56)52-37-53(62-29-5-2-20-50(62)41-71(45-57-24-9-15-33-66-57)46-58-25-10-16-34-67-58)39-54(38-52)63-30-6-3-21-51(63)42-72(47-59-26-11-17-35-68-59)48-60-27-12-18-36-69-60/h1-39H,40-48H2. The predicted molar refractivity (Wildman–Crippen MR) is 287 cm³/mol. The van der Waals surface area contributed by atoms with E-state index in [4.69, 9.17) is 29.9 Å². The number of pyridine rings is 6. The first-order valence-electron chi connectivity index (χ1n) is 24.6. The average Bonchev–Trinajstić information content (AvgIpc) is 3.43. The van der Waals surface area contributed by atoms with Gasteiger partial charge in [0.25, 0.3) is 0 Å². The van der Waals surface area contributed by atoms with Gasteiger partial charge in [-0.2, -0.15) is 0 Å². The van der Waals surface area contributed by atoms with Crippen LogP contribution >= 0.6 is 0 Å². The first-order valence-corrected chi connectivity index (χ1v) is 24.6. The van der Waals surface area contributed by atoms with E-state index < -0.39 is 0 Å². The largest absolute Gasteiger partial charge is 0.287 e. The molecule has 0 aliphatic rings. The molecule has 0 N–H and O–H groups in total. The van der Waals surface area contributed by atoms with Crippen LogP contribution in [0.1, 0.15) is 50.9 Å². The Bertz CT molecular complexity index is 2750. The molecule has 9 nitrogen and oxygen atoms in total. The number of hydrogen-bond acceptors (Lipinski definition) is 9. The summed E-state index contributed by atoms with van der Waals surface area (Å²) >= 11 is 0. The summed E-state index contributed by atoms with van der Waals surface area (Å²) in [4.78, 5) is 35.8. The van der Waals surface area contributed by atoms with E-state index in [1.807, 2.05) is 73.6 Å². The minimum Gasteiger partial charge on any atom is -0.287 e. The monoisotopic (exact) mass is 939 g/mol. The fourth-order valence-electron chi connectivity index (χ4n) is 9.46. The normalized spacial score (nSPS) is 11.4. The van der Waals surface area contributed by atoms with Crippen molar-refractivity contribution >= 4 is 0 Å². The second-order valence-electron chi connectivity index (χ2n) is 18.1. The molecule has 0 amide bonds. The van der Waals surface area contributed by atoms with Crippen molar-refractivity contribution in [1.29, 1.82) is 0 Å². The smallest absolute Gasteiger partial charge is 0.0544 e. The Morgan fingerprint density at radius 3 is 0.639 bits per heavy atom. The Morgan fingerprint density at radius 2 is 0.431 bits per heavy atom. The molecule has 0 spiro atoms. The maximum atomic E-state index is 4.74. The van der Waals surface area contributed by atoms with Crippen LogP contribution in [0.15, 0.2) is 237 Å². The summed E-state index contributed by atoms with van der Waals surface area (Å²) in [7, 11) is 0. The second-order valence-corrected chi connectivity index (χ2v) is 18.1. The highest BCUT2D eigenvalue weighted by Crippen LogP contribution is 2.38. The van der Waals surface area contributed by atoms with Gasteiger partial charge < -0.3 is 0 Å². The van der Waals surface area contributed by atoms with Gasteiger partial charge in [-0.1, -0.05) is 109 Å². The van der Waals surface area contributed by atoms with Gasteiger partial charge in [-0.25, -0.2) is 0 Å². The third-order valence-electron chi connectivity index (χ3n) is 12.8. The van der Waals surface area contributed by atoms with Crippen molar-refractivity contribution in [3.63, 3.8) is 0 Å². The van der Waals surface area contributed by atoms with Gasteiger partial charge in [-0.3, -0.25) is 44.6 Å². The molecule has 6 heterocycles. The highest BCUT2D eigenvalue weighted by molar-refractivity contribution is 5.84. The second kappa shape index (κ2) is 24.0. The Hall–Kier alpha value is -8.34. The SMILES string of the molecule is c1ccc(CN(Cc2ccccn2)Cc2ccccc2-c2cc(-c3ccccc3CN(Cc3ccccn3)Cc3ccccn3)cc(-c3ccccc3CN(Cc3ccccn3)Cc3ccccn3)c2)nc1. The lowest BCUT2D eigenvalue weighted by Gasteiger charge is -2.25. The van der Waals surface area contributed by atoms with Gasteiger partial charge in [0, 0.05) is 96.1 Å². The van der Waals surface area contributed by atoms with Crippen LogP contribution in [0.5, 0.6) is 0 Å². The van der Waals surface area contributed by atoms with Crippen LogP contribution in [0.4, 0.5) is 0 Å². The Labute approximate surface area is 423 Å². The van der Waals surface area contributed by atoms with E-state index in [-0.39, 0.29) is 0 Å². The lowest BCUT2D eigenvalue weighted by molar-refractivity contribution is 0.242. The van der Waals surface area contributed by atoms with Crippen LogP contribution < -0.4 is 0 Å². The molecule has 10 rings (SSSR count). The lowest BCUT2D eigenvalue weighted by atomic mass is 9.88. The number of rotatable bonds is 21. The minimum atomic E-state index is 0.679. The number of nitrogens with zero attached hydrogens (tertiary/aromatic N) is 9. The molecule has 0 aliphatic carbocycles. The maximum Gasteiger partial charge on any atom is 0.0544 e. The van der Waals surface area contributed by atoms with Gasteiger partial charge in [-0.05, 0) is 141 Å². The van der Waals surface area contributed by atoms with E-state index in [9.17, 15) is 0 Å². The van der Waals surface area contributed by atoms with Gasteiger partial charge in [0.05, 0.1) is 34.2 Å². The summed E-state index contributed by atoms with van der Waals surface area (Å²) in [5.41, 5.74) is 16.8. The first-order chi connectivity index (χ1) is 35.6. The van der Waals surface area contributed by atoms with Crippen molar-refractivity contribution in [2.75, 3.05) is 0 Å². The van der Waals surface area contributed by atoms with Crippen molar-refractivity contribution in [2.24, 2.45) is 0 Å². The molecule has 0 saturated carbocycles. The number of aromatic nitrogens is 6. The molecule has 4 aromatic carbocycles. The third-order valence-corrected chi connectivity index (χ3v) is 12.8. The van der Waals surface area contributed by atoms with Crippen LogP contribution in [-0.4, -0.2) is 44.6 Å². The molecule has 10 aromatic rings. The maximum absolute atomic E-state index is 4.74. The van der Waals surface area contributed by atoms with Gasteiger partial charge in [-0.15, -0.1) is 0 Å².